The van der Waals surface area contributed by atoms with E-state index < -0.39 is 15.9 Å². The van der Waals surface area contributed by atoms with Crippen molar-refractivity contribution in [2.75, 3.05) is 18.1 Å². The molecule has 0 spiro atoms. The fourth-order valence-electron chi connectivity index (χ4n) is 2.82. The van der Waals surface area contributed by atoms with Gasteiger partial charge in [-0.15, -0.1) is 11.3 Å². The highest BCUT2D eigenvalue weighted by atomic mass is 32.2. The zero-order valence-corrected chi connectivity index (χ0v) is 15.3. The first-order valence-corrected chi connectivity index (χ1v) is 10.5. The minimum atomic E-state index is -3.17. The third-order valence-corrected chi connectivity index (χ3v) is 6.70. The normalized spacial score (nSPS) is 20.2. The molecule has 1 amide bonds. The molecular formula is C15H20N4O3S2. The lowest BCUT2D eigenvalue weighted by molar-refractivity contribution is 0.0702. The Labute approximate surface area is 145 Å². The number of hydrogen-bond acceptors (Lipinski definition) is 6. The van der Waals surface area contributed by atoms with Gasteiger partial charge in [0.05, 0.1) is 34.9 Å². The number of thiazole rings is 1. The zero-order chi connectivity index (χ0) is 17.3. The Morgan fingerprint density at radius 1 is 1.42 bits per heavy atom. The van der Waals surface area contributed by atoms with E-state index in [0.717, 1.165) is 23.4 Å². The average Bonchev–Trinajstić information content (AvgIpc) is 3.15. The Morgan fingerprint density at radius 2 is 2.21 bits per heavy atom. The first kappa shape index (κ1) is 17.1. The van der Waals surface area contributed by atoms with Crippen molar-refractivity contribution in [2.24, 2.45) is 7.05 Å². The molecule has 0 N–H and O–H groups in total. The van der Waals surface area contributed by atoms with Crippen LogP contribution in [-0.2, 0) is 23.3 Å². The Balaban J connectivity index is 1.89. The van der Waals surface area contributed by atoms with Gasteiger partial charge in [-0.2, -0.15) is 5.10 Å². The van der Waals surface area contributed by atoms with Crippen molar-refractivity contribution in [3.63, 3.8) is 0 Å². The SMILES string of the molecule is CCCc1ncc(C(=O)N2CCS(=O)(=O)C[C@H]2c2cnn(C)c2)s1. The topological polar surface area (TPSA) is 85.2 Å². The van der Waals surface area contributed by atoms with Crippen molar-refractivity contribution in [2.45, 2.75) is 25.8 Å². The monoisotopic (exact) mass is 368 g/mol. The highest BCUT2D eigenvalue weighted by Gasteiger charge is 2.36. The number of nitrogens with zero attached hydrogens (tertiary/aromatic N) is 4. The van der Waals surface area contributed by atoms with E-state index in [1.54, 1.807) is 35.2 Å². The van der Waals surface area contributed by atoms with Crippen molar-refractivity contribution in [1.29, 1.82) is 0 Å². The van der Waals surface area contributed by atoms with Crippen molar-refractivity contribution < 1.29 is 13.2 Å². The summed E-state index contributed by atoms with van der Waals surface area (Å²) < 4.78 is 25.7. The number of carbonyl (C=O) groups excluding carboxylic acids is 1. The molecule has 7 nitrogen and oxygen atoms in total. The Bertz CT molecular complexity index is 841. The molecule has 0 bridgehead atoms. The van der Waals surface area contributed by atoms with Crippen molar-refractivity contribution in [3.05, 3.63) is 34.0 Å². The second-order valence-electron chi connectivity index (χ2n) is 5.94. The molecule has 3 rings (SSSR count). The van der Waals surface area contributed by atoms with Gasteiger partial charge in [0.25, 0.3) is 5.91 Å². The van der Waals surface area contributed by atoms with Gasteiger partial charge in [-0.1, -0.05) is 6.92 Å². The maximum absolute atomic E-state index is 12.9. The summed E-state index contributed by atoms with van der Waals surface area (Å²) in [5.74, 6) is -0.222. The molecule has 1 saturated heterocycles. The highest BCUT2D eigenvalue weighted by Crippen LogP contribution is 2.29. The molecule has 0 radical (unpaired) electrons. The van der Waals surface area contributed by atoms with Crippen molar-refractivity contribution >= 4 is 27.1 Å². The zero-order valence-electron chi connectivity index (χ0n) is 13.7. The molecule has 1 atom stereocenters. The summed E-state index contributed by atoms with van der Waals surface area (Å²) in [7, 11) is -1.39. The van der Waals surface area contributed by atoms with E-state index in [-0.39, 0.29) is 24.0 Å². The maximum atomic E-state index is 12.9. The van der Waals surface area contributed by atoms with Gasteiger partial charge in [0.1, 0.15) is 4.88 Å². The van der Waals surface area contributed by atoms with Gasteiger partial charge in [-0.25, -0.2) is 13.4 Å². The smallest absolute Gasteiger partial charge is 0.266 e. The first-order valence-electron chi connectivity index (χ1n) is 7.84. The maximum Gasteiger partial charge on any atom is 0.266 e. The molecule has 1 aliphatic heterocycles. The Kier molecular flexibility index (Phi) is 4.73. The van der Waals surface area contributed by atoms with Crippen LogP contribution in [0.5, 0.6) is 0 Å². The van der Waals surface area contributed by atoms with Gasteiger partial charge in [-0.05, 0) is 12.8 Å². The molecule has 24 heavy (non-hydrogen) atoms. The van der Waals surface area contributed by atoms with E-state index in [9.17, 15) is 13.2 Å². The van der Waals surface area contributed by atoms with E-state index in [4.69, 9.17) is 0 Å². The Hall–Kier alpha value is -1.74. The summed E-state index contributed by atoms with van der Waals surface area (Å²) in [6, 6.07) is -0.498. The van der Waals surface area contributed by atoms with Crippen molar-refractivity contribution in [1.82, 2.24) is 19.7 Å². The molecule has 1 fully saturated rings. The van der Waals surface area contributed by atoms with E-state index >= 15 is 0 Å². The van der Waals surface area contributed by atoms with E-state index in [1.165, 1.54) is 11.3 Å². The summed E-state index contributed by atoms with van der Waals surface area (Å²) in [4.78, 5) is 19.4. The van der Waals surface area contributed by atoms with Gasteiger partial charge < -0.3 is 4.90 Å². The van der Waals surface area contributed by atoms with Crippen LogP contribution in [0.4, 0.5) is 0 Å². The highest BCUT2D eigenvalue weighted by molar-refractivity contribution is 7.91. The second kappa shape index (κ2) is 6.64. The quantitative estimate of drug-likeness (QED) is 0.815. The van der Waals surface area contributed by atoms with Crippen LogP contribution >= 0.6 is 11.3 Å². The molecule has 2 aromatic heterocycles. The lowest BCUT2D eigenvalue weighted by Crippen LogP contribution is -2.45. The third kappa shape index (κ3) is 3.51. The van der Waals surface area contributed by atoms with Crippen LogP contribution in [0.3, 0.4) is 0 Å². The predicted molar refractivity (Wildman–Crippen MR) is 91.7 cm³/mol. The van der Waals surface area contributed by atoms with Crippen LogP contribution < -0.4 is 0 Å². The first-order chi connectivity index (χ1) is 11.4. The van der Waals surface area contributed by atoms with Gasteiger partial charge in [0.2, 0.25) is 0 Å². The summed E-state index contributed by atoms with van der Waals surface area (Å²) in [6.45, 7) is 2.26. The minimum absolute atomic E-state index is 0.00385. The average molecular weight is 368 g/mol. The standard InChI is InChI=1S/C15H20N4O3S2/c1-3-4-14-16-8-13(23-14)15(20)19-5-6-24(21,22)10-12(19)11-7-17-18(2)9-11/h7-9,12H,3-6,10H2,1-2H3/t12-/m0/s1. The van der Waals surface area contributed by atoms with Crippen molar-refractivity contribution in [3.8, 4) is 0 Å². The number of sulfone groups is 1. The molecule has 2 aromatic rings. The largest absolute Gasteiger partial charge is 0.329 e. The van der Waals surface area contributed by atoms with E-state index in [0.29, 0.717) is 4.88 Å². The number of carbonyl (C=O) groups is 1. The molecule has 0 aliphatic carbocycles. The van der Waals surface area contributed by atoms with Gasteiger partial charge in [0, 0.05) is 25.4 Å². The number of aryl methyl sites for hydroxylation is 2. The number of amides is 1. The molecule has 0 aromatic carbocycles. The third-order valence-electron chi connectivity index (χ3n) is 4.03. The van der Waals surface area contributed by atoms with Crippen LogP contribution in [-0.4, -0.2) is 52.0 Å². The van der Waals surface area contributed by atoms with Crippen LogP contribution in [0.1, 0.15) is 39.6 Å². The lowest BCUT2D eigenvalue weighted by atomic mass is 10.1. The predicted octanol–water partition coefficient (Wildman–Crippen LogP) is 1.44. The van der Waals surface area contributed by atoms with Crippen LogP contribution in [0.25, 0.3) is 0 Å². The van der Waals surface area contributed by atoms with Crippen LogP contribution in [0.15, 0.2) is 18.6 Å². The van der Waals surface area contributed by atoms with E-state index in [2.05, 4.69) is 17.0 Å². The van der Waals surface area contributed by atoms with Gasteiger partial charge in [0.15, 0.2) is 9.84 Å². The number of aromatic nitrogens is 3. The molecule has 130 valence electrons. The summed E-state index contributed by atoms with van der Waals surface area (Å²) >= 11 is 1.39. The van der Waals surface area contributed by atoms with Gasteiger partial charge >= 0.3 is 0 Å². The molecule has 0 saturated carbocycles. The second-order valence-corrected chi connectivity index (χ2v) is 9.29. The molecular weight excluding hydrogens is 348 g/mol. The Morgan fingerprint density at radius 3 is 2.88 bits per heavy atom. The molecule has 3 heterocycles. The molecule has 1 aliphatic rings. The fraction of sp³-hybridized carbons (Fsp3) is 0.533. The van der Waals surface area contributed by atoms with Gasteiger partial charge in [-0.3, -0.25) is 9.48 Å². The summed E-state index contributed by atoms with van der Waals surface area (Å²) in [5, 5.41) is 5.04. The lowest BCUT2D eigenvalue weighted by Gasteiger charge is -2.34. The van der Waals surface area contributed by atoms with Crippen LogP contribution in [0.2, 0.25) is 0 Å². The van der Waals surface area contributed by atoms with Crippen LogP contribution in [0, 0.1) is 0 Å². The molecule has 9 heteroatoms. The number of rotatable bonds is 4. The summed E-state index contributed by atoms with van der Waals surface area (Å²) in [5.41, 5.74) is 0.743. The summed E-state index contributed by atoms with van der Waals surface area (Å²) in [6.07, 6.45) is 6.81. The fourth-order valence-corrected chi connectivity index (χ4v) is 5.29. The minimum Gasteiger partial charge on any atom is -0.329 e. The number of hydrogen-bond donors (Lipinski definition) is 0. The molecule has 0 unspecified atom stereocenters. The van der Waals surface area contributed by atoms with E-state index in [1.807, 2.05) is 0 Å².